The Kier molecular flexibility index (Phi) is 11.6. The van der Waals surface area contributed by atoms with E-state index in [0.717, 1.165) is 44.9 Å². The fourth-order valence-electron chi connectivity index (χ4n) is 2.75. The molecule has 0 saturated carbocycles. The van der Waals surface area contributed by atoms with Crippen molar-refractivity contribution in [2.24, 2.45) is 0 Å². The molecule has 0 aliphatic carbocycles. The van der Waals surface area contributed by atoms with Gasteiger partial charge in [0.2, 0.25) is 0 Å². The molecule has 0 amide bonds. The highest BCUT2D eigenvalue weighted by Crippen LogP contribution is 2.30. The van der Waals surface area contributed by atoms with Crippen LogP contribution in [0.4, 0.5) is 0 Å². The molecule has 3 heteroatoms. The van der Waals surface area contributed by atoms with Gasteiger partial charge in [-0.05, 0) is 38.5 Å². The number of carbonyl (C=O) groups is 1. The second kappa shape index (κ2) is 13.4. The van der Waals surface area contributed by atoms with Crippen molar-refractivity contribution in [2.45, 2.75) is 96.2 Å². The van der Waals surface area contributed by atoms with E-state index in [1.807, 2.05) is 0 Å². The topological polar surface area (TPSA) is 49.8 Å². The number of carboxylic acid groups (broad SMARTS) is 1. The van der Waals surface area contributed by atoms with Crippen molar-refractivity contribution in [1.29, 1.82) is 0 Å². The van der Waals surface area contributed by atoms with Gasteiger partial charge in [-0.2, -0.15) is 0 Å². The fourth-order valence-corrected chi connectivity index (χ4v) is 2.75. The Hall–Kier alpha value is -1.09. The lowest BCUT2D eigenvalue weighted by Gasteiger charge is -1.96. The van der Waals surface area contributed by atoms with Gasteiger partial charge in [0.05, 0.1) is 12.2 Å². The average molecular weight is 322 g/mol. The molecule has 2 atom stereocenters. The summed E-state index contributed by atoms with van der Waals surface area (Å²) < 4.78 is 5.66. The van der Waals surface area contributed by atoms with E-state index >= 15 is 0 Å². The summed E-state index contributed by atoms with van der Waals surface area (Å²) in [7, 11) is 0. The van der Waals surface area contributed by atoms with E-state index in [-0.39, 0.29) is 0 Å². The number of rotatable bonds is 15. The first-order chi connectivity index (χ1) is 11.2. The zero-order valence-electron chi connectivity index (χ0n) is 14.7. The number of hydrogen-bond donors (Lipinski definition) is 1. The SMILES string of the molecule is CCCCC[C@H]1O[C@@H]1C/C=C\C/C=C\CCCCCCC(=O)O. The Morgan fingerprint density at radius 3 is 2.52 bits per heavy atom. The van der Waals surface area contributed by atoms with Crippen molar-refractivity contribution < 1.29 is 14.6 Å². The van der Waals surface area contributed by atoms with Gasteiger partial charge in [0.15, 0.2) is 0 Å². The highest BCUT2D eigenvalue weighted by Gasteiger charge is 2.36. The van der Waals surface area contributed by atoms with E-state index in [4.69, 9.17) is 9.84 Å². The van der Waals surface area contributed by atoms with Crippen molar-refractivity contribution in [3.05, 3.63) is 24.3 Å². The molecule has 1 N–H and O–H groups in total. The molecule has 0 aromatic heterocycles. The molecule has 1 rings (SSSR count). The maximum Gasteiger partial charge on any atom is 0.303 e. The summed E-state index contributed by atoms with van der Waals surface area (Å²) in [5.74, 6) is -0.680. The third-order valence-corrected chi connectivity index (χ3v) is 4.27. The highest BCUT2D eigenvalue weighted by atomic mass is 16.6. The van der Waals surface area contributed by atoms with Gasteiger partial charge in [0.25, 0.3) is 0 Å². The van der Waals surface area contributed by atoms with Gasteiger partial charge in [0.1, 0.15) is 0 Å². The van der Waals surface area contributed by atoms with Gasteiger partial charge in [-0.3, -0.25) is 4.79 Å². The number of aliphatic carboxylic acids is 1. The molecule has 3 nitrogen and oxygen atoms in total. The molecule has 1 heterocycles. The Morgan fingerprint density at radius 2 is 1.74 bits per heavy atom. The van der Waals surface area contributed by atoms with Crippen LogP contribution in [0.1, 0.15) is 84.0 Å². The predicted octanol–water partition coefficient (Wildman–Crippen LogP) is 5.65. The summed E-state index contributed by atoms with van der Waals surface area (Å²) in [5.41, 5.74) is 0. The van der Waals surface area contributed by atoms with Gasteiger partial charge in [0, 0.05) is 6.42 Å². The summed E-state index contributed by atoms with van der Waals surface area (Å²) in [4.78, 5) is 10.4. The molecule has 1 aliphatic rings. The highest BCUT2D eigenvalue weighted by molar-refractivity contribution is 5.66. The first kappa shape index (κ1) is 20.0. The first-order valence-electron chi connectivity index (χ1n) is 9.41. The monoisotopic (exact) mass is 322 g/mol. The first-order valence-corrected chi connectivity index (χ1v) is 9.41. The van der Waals surface area contributed by atoms with E-state index in [2.05, 4.69) is 31.2 Å². The fraction of sp³-hybridized carbons (Fsp3) is 0.750. The van der Waals surface area contributed by atoms with Crippen LogP contribution in [0.15, 0.2) is 24.3 Å². The third-order valence-electron chi connectivity index (χ3n) is 4.27. The molecule has 0 radical (unpaired) electrons. The summed E-state index contributed by atoms with van der Waals surface area (Å²) in [6.07, 6.45) is 22.7. The number of hydrogen-bond acceptors (Lipinski definition) is 2. The minimum absolute atomic E-state index is 0.310. The lowest BCUT2D eigenvalue weighted by atomic mass is 10.1. The Balaban J connectivity index is 1.84. The number of carboxylic acids is 1. The molecule has 0 unspecified atom stereocenters. The van der Waals surface area contributed by atoms with Gasteiger partial charge in [-0.25, -0.2) is 0 Å². The van der Waals surface area contributed by atoms with Crippen LogP contribution in [0.25, 0.3) is 0 Å². The zero-order valence-corrected chi connectivity index (χ0v) is 14.7. The number of unbranched alkanes of at least 4 members (excludes halogenated alkanes) is 6. The maximum absolute atomic E-state index is 10.4. The number of allylic oxidation sites excluding steroid dienone is 3. The van der Waals surface area contributed by atoms with Crippen LogP contribution >= 0.6 is 0 Å². The molecule has 0 aromatic carbocycles. The average Bonchev–Trinajstić information content (AvgIpc) is 3.27. The summed E-state index contributed by atoms with van der Waals surface area (Å²) in [6, 6.07) is 0. The van der Waals surface area contributed by atoms with Gasteiger partial charge < -0.3 is 9.84 Å². The summed E-state index contributed by atoms with van der Waals surface area (Å²) >= 11 is 0. The van der Waals surface area contributed by atoms with Crippen LogP contribution in [0.5, 0.6) is 0 Å². The van der Waals surface area contributed by atoms with E-state index in [1.165, 1.54) is 25.7 Å². The van der Waals surface area contributed by atoms with Crippen LogP contribution < -0.4 is 0 Å². The van der Waals surface area contributed by atoms with E-state index < -0.39 is 5.97 Å². The van der Waals surface area contributed by atoms with E-state index in [0.29, 0.717) is 18.6 Å². The second-order valence-corrected chi connectivity index (χ2v) is 6.47. The molecule has 23 heavy (non-hydrogen) atoms. The third kappa shape index (κ3) is 12.1. The lowest BCUT2D eigenvalue weighted by molar-refractivity contribution is -0.137. The number of ether oxygens (including phenoxy) is 1. The quantitative estimate of drug-likeness (QED) is 0.241. The van der Waals surface area contributed by atoms with E-state index in [9.17, 15) is 4.79 Å². The molecule has 0 aromatic rings. The molecular formula is C20H34O3. The molecule has 0 bridgehead atoms. The maximum atomic E-state index is 10.4. The molecule has 1 saturated heterocycles. The second-order valence-electron chi connectivity index (χ2n) is 6.47. The van der Waals surface area contributed by atoms with Crippen LogP contribution in [-0.4, -0.2) is 23.3 Å². The summed E-state index contributed by atoms with van der Waals surface area (Å²) in [6.45, 7) is 2.24. The molecule has 0 spiro atoms. The summed E-state index contributed by atoms with van der Waals surface area (Å²) in [5, 5.41) is 8.53. The minimum atomic E-state index is -0.680. The standard InChI is InChI=1S/C20H34O3/c1-2-3-12-15-18-19(23-18)16-13-10-8-6-4-5-7-9-11-14-17-20(21)22/h4,6,10,13,18-19H,2-3,5,7-9,11-12,14-17H2,1H3,(H,21,22)/b6-4-,13-10-/t18-,19-/m1/s1. The van der Waals surface area contributed by atoms with Crippen molar-refractivity contribution >= 4 is 5.97 Å². The molecule has 1 aliphatic heterocycles. The van der Waals surface area contributed by atoms with Crippen molar-refractivity contribution in [3.63, 3.8) is 0 Å². The van der Waals surface area contributed by atoms with Crippen molar-refractivity contribution in [3.8, 4) is 0 Å². The van der Waals surface area contributed by atoms with Crippen LogP contribution in [0.3, 0.4) is 0 Å². The van der Waals surface area contributed by atoms with Crippen molar-refractivity contribution in [2.75, 3.05) is 0 Å². The van der Waals surface area contributed by atoms with Gasteiger partial charge >= 0.3 is 5.97 Å². The molecule has 132 valence electrons. The number of epoxide rings is 1. The Morgan fingerprint density at radius 1 is 0.957 bits per heavy atom. The van der Waals surface area contributed by atoms with Crippen molar-refractivity contribution in [1.82, 2.24) is 0 Å². The normalized spacial score (nSPS) is 20.6. The predicted molar refractivity (Wildman–Crippen MR) is 95.7 cm³/mol. The minimum Gasteiger partial charge on any atom is -0.481 e. The lowest BCUT2D eigenvalue weighted by Crippen LogP contribution is -1.93. The molecular weight excluding hydrogens is 288 g/mol. The zero-order chi connectivity index (χ0) is 16.8. The van der Waals surface area contributed by atoms with Gasteiger partial charge in [-0.1, -0.05) is 63.3 Å². The van der Waals surface area contributed by atoms with Crippen LogP contribution in [0.2, 0.25) is 0 Å². The van der Waals surface area contributed by atoms with Crippen LogP contribution in [0, 0.1) is 0 Å². The Bertz CT molecular complexity index is 360. The largest absolute Gasteiger partial charge is 0.481 e. The van der Waals surface area contributed by atoms with Gasteiger partial charge in [-0.15, -0.1) is 0 Å². The van der Waals surface area contributed by atoms with Crippen LogP contribution in [-0.2, 0) is 9.53 Å². The van der Waals surface area contributed by atoms with E-state index in [1.54, 1.807) is 0 Å². The molecule has 1 fully saturated rings. The Labute approximate surface area is 141 Å². The smallest absolute Gasteiger partial charge is 0.303 e.